The lowest BCUT2D eigenvalue weighted by molar-refractivity contribution is 1.48. The van der Waals surface area contributed by atoms with Crippen LogP contribution in [-0.2, 0) is 0 Å². The van der Waals surface area contributed by atoms with Gasteiger partial charge < -0.3 is 0 Å². The van der Waals surface area contributed by atoms with E-state index in [1.807, 2.05) is 38.1 Å². The van der Waals surface area contributed by atoms with Crippen LogP contribution in [0.5, 0.6) is 0 Å². The summed E-state index contributed by atoms with van der Waals surface area (Å²) in [5.74, 6) is 0. The molecule has 1 aromatic rings. The van der Waals surface area contributed by atoms with E-state index in [4.69, 9.17) is 11.6 Å². The number of nitrogens with zero attached hydrogens (tertiary/aromatic N) is 1. The average molecular weight is 168 g/mol. The van der Waals surface area contributed by atoms with Gasteiger partial charge in [0, 0.05) is 5.71 Å². The summed E-state index contributed by atoms with van der Waals surface area (Å²) in [5.41, 5.74) is 1.85. The lowest BCUT2D eigenvalue weighted by atomic mass is 10.3. The van der Waals surface area contributed by atoms with Crippen molar-refractivity contribution in [2.45, 2.75) is 13.8 Å². The fourth-order valence-electron chi connectivity index (χ4n) is 0.783. The molecule has 2 heteroatoms. The molecule has 0 N–H and O–H groups in total. The second-order valence-corrected chi connectivity index (χ2v) is 2.92. The van der Waals surface area contributed by atoms with Gasteiger partial charge in [0.15, 0.2) is 0 Å². The standard InChI is InChI=1S/C9H10ClN/c1-7(2)11-9-6-4-3-5-8(9)10/h3-6H,1-2H3. The van der Waals surface area contributed by atoms with Gasteiger partial charge in [-0.15, -0.1) is 0 Å². The Morgan fingerprint density at radius 2 is 1.91 bits per heavy atom. The van der Waals surface area contributed by atoms with Gasteiger partial charge in [-0.05, 0) is 26.0 Å². The number of benzene rings is 1. The van der Waals surface area contributed by atoms with E-state index in [0.29, 0.717) is 5.02 Å². The van der Waals surface area contributed by atoms with Gasteiger partial charge in [0.05, 0.1) is 10.7 Å². The highest BCUT2D eigenvalue weighted by atomic mass is 35.5. The minimum Gasteiger partial charge on any atom is -0.257 e. The van der Waals surface area contributed by atoms with Gasteiger partial charge in [-0.3, -0.25) is 4.99 Å². The quantitative estimate of drug-likeness (QED) is 0.568. The summed E-state index contributed by atoms with van der Waals surface area (Å²) in [4.78, 5) is 4.24. The predicted molar refractivity (Wildman–Crippen MR) is 49.9 cm³/mol. The zero-order chi connectivity index (χ0) is 8.27. The molecule has 0 amide bonds. The Kier molecular flexibility index (Phi) is 2.66. The molecule has 0 aliphatic heterocycles. The van der Waals surface area contributed by atoms with E-state index in [0.717, 1.165) is 11.4 Å². The van der Waals surface area contributed by atoms with Crippen LogP contribution in [0.1, 0.15) is 13.8 Å². The second kappa shape index (κ2) is 3.54. The zero-order valence-electron chi connectivity index (χ0n) is 6.63. The first-order valence-corrected chi connectivity index (χ1v) is 3.84. The van der Waals surface area contributed by atoms with Gasteiger partial charge in [0.1, 0.15) is 0 Å². The van der Waals surface area contributed by atoms with Crippen molar-refractivity contribution < 1.29 is 0 Å². The predicted octanol–water partition coefficient (Wildman–Crippen LogP) is 3.45. The van der Waals surface area contributed by atoms with Gasteiger partial charge in [0.25, 0.3) is 0 Å². The molecule has 0 unspecified atom stereocenters. The molecule has 11 heavy (non-hydrogen) atoms. The van der Waals surface area contributed by atoms with Crippen molar-refractivity contribution in [1.82, 2.24) is 0 Å². The van der Waals surface area contributed by atoms with Crippen molar-refractivity contribution in [3.05, 3.63) is 29.3 Å². The highest BCUT2D eigenvalue weighted by molar-refractivity contribution is 6.33. The lowest BCUT2D eigenvalue weighted by Crippen LogP contribution is -1.78. The Labute approximate surface area is 71.7 Å². The molecule has 0 spiro atoms. The molecular weight excluding hydrogens is 158 g/mol. The minimum atomic E-state index is 0.703. The van der Waals surface area contributed by atoms with E-state index in [9.17, 15) is 0 Å². The number of para-hydroxylation sites is 1. The van der Waals surface area contributed by atoms with E-state index in [2.05, 4.69) is 4.99 Å². The second-order valence-electron chi connectivity index (χ2n) is 2.51. The summed E-state index contributed by atoms with van der Waals surface area (Å²) in [6.45, 7) is 3.90. The maximum absolute atomic E-state index is 5.86. The van der Waals surface area contributed by atoms with Crippen molar-refractivity contribution in [3.8, 4) is 0 Å². The smallest absolute Gasteiger partial charge is 0.0814 e. The Hall–Kier alpha value is -0.820. The number of aliphatic imine (C=N–C) groups is 1. The number of halogens is 1. The molecule has 0 saturated heterocycles. The van der Waals surface area contributed by atoms with E-state index in [1.54, 1.807) is 0 Å². The molecule has 0 bridgehead atoms. The fourth-order valence-corrected chi connectivity index (χ4v) is 0.961. The third-order valence-electron chi connectivity index (χ3n) is 1.20. The van der Waals surface area contributed by atoms with Gasteiger partial charge in [-0.1, -0.05) is 23.7 Å². The zero-order valence-corrected chi connectivity index (χ0v) is 7.39. The third-order valence-corrected chi connectivity index (χ3v) is 1.52. The molecule has 0 aromatic heterocycles. The normalized spacial score (nSPS) is 9.36. The van der Waals surface area contributed by atoms with Crippen LogP contribution in [-0.4, -0.2) is 5.71 Å². The fraction of sp³-hybridized carbons (Fsp3) is 0.222. The van der Waals surface area contributed by atoms with E-state index >= 15 is 0 Å². The van der Waals surface area contributed by atoms with Crippen molar-refractivity contribution in [2.24, 2.45) is 4.99 Å². The molecule has 1 aromatic carbocycles. The van der Waals surface area contributed by atoms with Crippen molar-refractivity contribution >= 4 is 23.0 Å². The molecular formula is C9H10ClN. The summed E-state index contributed by atoms with van der Waals surface area (Å²) in [6.07, 6.45) is 0. The highest BCUT2D eigenvalue weighted by Crippen LogP contribution is 2.23. The van der Waals surface area contributed by atoms with Gasteiger partial charge in [-0.25, -0.2) is 0 Å². The molecule has 0 aliphatic rings. The van der Waals surface area contributed by atoms with Crippen LogP contribution in [0.25, 0.3) is 0 Å². The Morgan fingerprint density at radius 3 is 2.45 bits per heavy atom. The summed E-state index contributed by atoms with van der Waals surface area (Å²) in [6, 6.07) is 7.55. The first-order valence-electron chi connectivity index (χ1n) is 3.46. The number of hydrogen-bond acceptors (Lipinski definition) is 1. The monoisotopic (exact) mass is 167 g/mol. The summed E-state index contributed by atoms with van der Waals surface area (Å²) < 4.78 is 0. The van der Waals surface area contributed by atoms with Crippen molar-refractivity contribution in [1.29, 1.82) is 0 Å². The lowest BCUT2D eigenvalue weighted by Gasteiger charge is -1.96. The Balaban J connectivity index is 3.04. The minimum absolute atomic E-state index is 0.703. The van der Waals surface area contributed by atoms with Gasteiger partial charge in [0.2, 0.25) is 0 Å². The van der Waals surface area contributed by atoms with Crippen LogP contribution < -0.4 is 0 Å². The molecule has 0 fully saturated rings. The maximum atomic E-state index is 5.86. The number of hydrogen-bond donors (Lipinski definition) is 0. The molecule has 1 rings (SSSR count). The van der Waals surface area contributed by atoms with Crippen LogP contribution in [0.3, 0.4) is 0 Å². The molecule has 1 nitrogen and oxygen atoms in total. The molecule has 58 valence electrons. The third kappa shape index (κ3) is 2.35. The molecule has 0 radical (unpaired) electrons. The Bertz CT molecular complexity index is 275. The average Bonchev–Trinajstić information content (AvgIpc) is 1.93. The van der Waals surface area contributed by atoms with E-state index in [-0.39, 0.29) is 0 Å². The first kappa shape index (κ1) is 8.28. The first-order chi connectivity index (χ1) is 5.20. The molecule has 0 heterocycles. The molecule has 0 atom stereocenters. The summed E-state index contributed by atoms with van der Waals surface area (Å²) in [7, 11) is 0. The van der Waals surface area contributed by atoms with Crippen LogP contribution in [0, 0.1) is 0 Å². The topological polar surface area (TPSA) is 12.4 Å². The maximum Gasteiger partial charge on any atom is 0.0814 e. The molecule has 0 saturated carbocycles. The van der Waals surface area contributed by atoms with Crippen LogP contribution in [0.2, 0.25) is 5.02 Å². The van der Waals surface area contributed by atoms with Gasteiger partial charge in [-0.2, -0.15) is 0 Å². The Morgan fingerprint density at radius 1 is 1.27 bits per heavy atom. The van der Waals surface area contributed by atoms with Crippen LogP contribution >= 0.6 is 11.6 Å². The summed E-state index contributed by atoms with van der Waals surface area (Å²) in [5, 5.41) is 0.703. The van der Waals surface area contributed by atoms with Crippen molar-refractivity contribution in [2.75, 3.05) is 0 Å². The SMILES string of the molecule is CC(C)=Nc1ccccc1Cl. The highest BCUT2D eigenvalue weighted by Gasteiger charge is 1.93. The largest absolute Gasteiger partial charge is 0.257 e. The van der Waals surface area contributed by atoms with Crippen molar-refractivity contribution in [3.63, 3.8) is 0 Å². The molecule has 0 aliphatic carbocycles. The van der Waals surface area contributed by atoms with Crippen LogP contribution in [0.15, 0.2) is 29.3 Å². The number of rotatable bonds is 1. The summed E-state index contributed by atoms with van der Waals surface area (Å²) >= 11 is 5.86. The van der Waals surface area contributed by atoms with Crippen LogP contribution in [0.4, 0.5) is 5.69 Å². The van der Waals surface area contributed by atoms with E-state index in [1.165, 1.54) is 0 Å². The van der Waals surface area contributed by atoms with E-state index < -0.39 is 0 Å². The van der Waals surface area contributed by atoms with Gasteiger partial charge >= 0.3 is 0 Å².